The van der Waals surface area contributed by atoms with Crippen LogP contribution in [0.2, 0.25) is 0 Å². The number of halogens is 2. The summed E-state index contributed by atoms with van der Waals surface area (Å²) >= 11 is 3.32. The van der Waals surface area contributed by atoms with Gasteiger partial charge in [0.1, 0.15) is 12.9 Å². The van der Waals surface area contributed by atoms with Crippen molar-refractivity contribution in [1.29, 1.82) is 0 Å². The number of nitrogens with zero attached hydrogens (tertiary/aromatic N) is 1. The fourth-order valence-corrected chi connectivity index (χ4v) is 3.58. The van der Waals surface area contributed by atoms with Crippen molar-refractivity contribution in [2.45, 2.75) is 25.7 Å². The monoisotopic (exact) mass is 346 g/mol. The molecule has 108 valence electrons. The van der Waals surface area contributed by atoms with E-state index in [1.54, 1.807) is 6.07 Å². The fraction of sp³-hybridized carbons (Fsp3) is 0.278. The van der Waals surface area contributed by atoms with Crippen LogP contribution in [0.5, 0.6) is 0 Å². The molecule has 1 unspecified atom stereocenters. The first-order chi connectivity index (χ1) is 9.93. The summed E-state index contributed by atoms with van der Waals surface area (Å²) in [5, 5.41) is 0. The van der Waals surface area contributed by atoms with E-state index in [9.17, 15) is 4.39 Å². The molecule has 1 atom stereocenters. The van der Waals surface area contributed by atoms with Gasteiger partial charge in [-0.05, 0) is 31.0 Å². The predicted octanol–water partition coefficient (Wildman–Crippen LogP) is 4.84. The lowest BCUT2D eigenvalue weighted by atomic mass is 9.75. The first-order valence-electron chi connectivity index (χ1n) is 7.04. The highest BCUT2D eigenvalue weighted by molar-refractivity contribution is 9.10. The SMILES string of the molecule is CC1=[N+](C)c2ccccc2C1(C)Cc1ccc(Br)cc1F. The minimum absolute atomic E-state index is 0.148. The van der Waals surface area contributed by atoms with Gasteiger partial charge in [0, 0.05) is 23.0 Å². The zero-order valence-corrected chi connectivity index (χ0v) is 14.0. The summed E-state index contributed by atoms with van der Waals surface area (Å²) in [6, 6.07) is 13.7. The van der Waals surface area contributed by atoms with Crippen molar-refractivity contribution in [2.75, 3.05) is 7.05 Å². The lowest BCUT2D eigenvalue weighted by Gasteiger charge is -2.22. The predicted molar refractivity (Wildman–Crippen MR) is 88.1 cm³/mol. The van der Waals surface area contributed by atoms with Crippen LogP contribution in [0, 0.1) is 5.82 Å². The standard InChI is InChI=1S/C18H18BrFN/c1-12-18(2,11-13-8-9-14(19)10-16(13)20)15-6-4-5-7-17(15)21(12)3/h4-10H,11H2,1-3H3/q+1. The number of hydrogen-bond acceptors (Lipinski definition) is 0. The molecule has 0 bridgehead atoms. The van der Waals surface area contributed by atoms with Crippen molar-refractivity contribution in [3.63, 3.8) is 0 Å². The topological polar surface area (TPSA) is 3.01 Å². The second-order valence-electron chi connectivity index (χ2n) is 5.91. The summed E-state index contributed by atoms with van der Waals surface area (Å²) in [4.78, 5) is 0. The minimum Gasteiger partial charge on any atom is -0.207 e. The molecule has 1 aliphatic heterocycles. The van der Waals surface area contributed by atoms with Gasteiger partial charge in [0.2, 0.25) is 5.69 Å². The molecule has 1 heterocycles. The molecule has 1 aliphatic rings. The summed E-state index contributed by atoms with van der Waals surface area (Å²) in [7, 11) is 2.08. The molecule has 0 saturated carbocycles. The molecule has 0 spiro atoms. The molecule has 2 aromatic carbocycles. The maximum atomic E-state index is 14.2. The molecule has 0 radical (unpaired) electrons. The van der Waals surface area contributed by atoms with Crippen LogP contribution in [0.1, 0.15) is 25.0 Å². The van der Waals surface area contributed by atoms with Crippen molar-refractivity contribution >= 4 is 27.3 Å². The molecule has 0 aromatic heterocycles. The lowest BCUT2D eigenvalue weighted by Crippen LogP contribution is -2.32. The van der Waals surface area contributed by atoms with Crippen LogP contribution >= 0.6 is 15.9 Å². The van der Waals surface area contributed by atoms with Crippen LogP contribution in [-0.4, -0.2) is 17.3 Å². The van der Waals surface area contributed by atoms with E-state index in [4.69, 9.17) is 0 Å². The third-order valence-electron chi connectivity index (χ3n) is 4.72. The van der Waals surface area contributed by atoms with Crippen molar-refractivity contribution in [3.8, 4) is 0 Å². The second kappa shape index (κ2) is 5.06. The molecule has 3 heteroatoms. The Kier molecular flexibility index (Phi) is 3.48. The van der Waals surface area contributed by atoms with Crippen molar-refractivity contribution in [1.82, 2.24) is 0 Å². The van der Waals surface area contributed by atoms with E-state index < -0.39 is 0 Å². The van der Waals surface area contributed by atoms with Crippen LogP contribution in [0.4, 0.5) is 10.1 Å². The van der Waals surface area contributed by atoms with Gasteiger partial charge in [0.15, 0.2) is 5.71 Å². The first kappa shape index (κ1) is 14.5. The highest BCUT2D eigenvalue weighted by Crippen LogP contribution is 2.41. The average Bonchev–Trinajstić information content (AvgIpc) is 2.65. The van der Waals surface area contributed by atoms with Crippen LogP contribution in [0.25, 0.3) is 0 Å². The van der Waals surface area contributed by atoms with E-state index in [-0.39, 0.29) is 11.2 Å². The summed E-state index contributed by atoms with van der Waals surface area (Å²) in [5.41, 5.74) is 4.33. The molecule has 0 saturated heterocycles. The molecule has 3 rings (SSSR count). The molecule has 2 aromatic rings. The van der Waals surface area contributed by atoms with Crippen molar-refractivity contribution in [2.24, 2.45) is 0 Å². The van der Waals surface area contributed by atoms with Gasteiger partial charge in [-0.25, -0.2) is 8.97 Å². The maximum absolute atomic E-state index is 14.2. The van der Waals surface area contributed by atoms with E-state index in [2.05, 4.69) is 65.7 Å². The minimum atomic E-state index is -0.167. The highest BCUT2D eigenvalue weighted by atomic mass is 79.9. The normalized spacial score (nSPS) is 20.8. The third-order valence-corrected chi connectivity index (χ3v) is 5.21. The molecular formula is C18H18BrFN+. The van der Waals surface area contributed by atoms with Gasteiger partial charge in [-0.1, -0.05) is 40.2 Å². The molecule has 1 nitrogen and oxygen atoms in total. The Balaban J connectivity index is 2.09. The van der Waals surface area contributed by atoms with Gasteiger partial charge >= 0.3 is 0 Å². The first-order valence-corrected chi connectivity index (χ1v) is 7.84. The number of fused-ring (bicyclic) bond motifs is 1. The average molecular weight is 347 g/mol. The quantitative estimate of drug-likeness (QED) is 0.684. The van der Waals surface area contributed by atoms with Gasteiger partial charge in [0.25, 0.3) is 0 Å². The molecule has 0 amide bonds. The molecular weight excluding hydrogens is 329 g/mol. The molecule has 0 fully saturated rings. The Morgan fingerprint density at radius 3 is 2.62 bits per heavy atom. The summed E-state index contributed by atoms with van der Waals surface area (Å²) in [6.07, 6.45) is 0.666. The molecule has 0 aliphatic carbocycles. The molecule has 0 N–H and O–H groups in total. The van der Waals surface area contributed by atoms with Gasteiger partial charge in [-0.3, -0.25) is 0 Å². The Hall–Kier alpha value is -1.48. The lowest BCUT2D eigenvalue weighted by molar-refractivity contribution is -0.403. The van der Waals surface area contributed by atoms with E-state index >= 15 is 0 Å². The van der Waals surface area contributed by atoms with E-state index in [0.717, 1.165) is 10.0 Å². The Morgan fingerprint density at radius 2 is 1.90 bits per heavy atom. The zero-order chi connectivity index (χ0) is 15.2. The number of rotatable bonds is 2. The Labute approximate surface area is 133 Å². The van der Waals surface area contributed by atoms with Crippen molar-refractivity contribution < 1.29 is 8.97 Å². The van der Waals surface area contributed by atoms with Crippen molar-refractivity contribution in [3.05, 3.63) is 63.9 Å². The Bertz CT molecular complexity index is 751. The van der Waals surface area contributed by atoms with Crippen LogP contribution in [0.3, 0.4) is 0 Å². The smallest absolute Gasteiger partial charge is 0.207 e. The van der Waals surface area contributed by atoms with E-state index in [1.807, 2.05) is 12.1 Å². The maximum Gasteiger partial charge on any atom is 0.209 e. The number of benzene rings is 2. The Morgan fingerprint density at radius 1 is 1.19 bits per heavy atom. The van der Waals surface area contributed by atoms with Crippen LogP contribution < -0.4 is 0 Å². The fourth-order valence-electron chi connectivity index (χ4n) is 3.25. The van der Waals surface area contributed by atoms with Crippen LogP contribution in [-0.2, 0) is 11.8 Å². The summed E-state index contributed by atoms with van der Waals surface area (Å²) in [6.45, 7) is 4.34. The third kappa shape index (κ3) is 2.24. The van der Waals surface area contributed by atoms with Gasteiger partial charge in [-0.15, -0.1) is 0 Å². The summed E-state index contributed by atoms with van der Waals surface area (Å²) < 4.78 is 17.2. The second-order valence-corrected chi connectivity index (χ2v) is 6.82. The van der Waals surface area contributed by atoms with E-state index in [1.165, 1.54) is 17.0 Å². The number of hydrogen-bond donors (Lipinski definition) is 0. The van der Waals surface area contributed by atoms with Gasteiger partial charge < -0.3 is 0 Å². The highest BCUT2D eigenvalue weighted by Gasteiger charge is 2.45. The number of para-hydroxylation sites is 1. The molecule has 21 heavy (non-hydrogen) atoms. The summed E-state index contributed by atoms with van der Waals surface area (Å²) in [5.74, 6) is -0.148. The van der Waals surface area contributed by atoms with Crippen LogP contribution in [0.15, 0.2) is 46.9 Å². The van der Waals surface area contributed by atoms with Gasteiger partial charge in [-0.2, -0.15) is 0 Å². The zero-order valence-electron chi connectivity index (χ0n) is 12.5. The largest absolute Gasteiger partial charge is 0.209 e. The van der Waals surface area contributed by atoms with Gasteiger partial charge in [0.05, 0.1) is 5.41 Å². The van der Waals surface area contributed by atoms with E-state index in [0.29, 0.717) is 6.42 Å².